The minimum absolute atomic E-state index is 0.0272. The molecular weight excluding hydrogens is 362 g/mol. The minimum Gasteiger partial charge on any atom is -0.355 e. The van der Waals surface area contributed by atoms with Crippen LogP contribution in [0.3, 0.4) is 0 Å². The Labute approximate surface area is 172 Å². The maximum atomic E-state index is 12.5. The van der Waals surface area contributed by atoms with Crippen LogP contribution >= 0.6 is 0 Å². The van der Waals surface area contributed by atoms with Crippen LogP contribution in [0, 0.1) is 17.2 Å². The van der Waals surface area contributed by atoms with Crippen molar-refractivity contribution in [3.63, 3.8) is 0 Å². The highest BCUT2D eigenvalue weighted by Crippen LogP contribution is 2.30. The van der Waals surface area contributed by atoms with Gasteiger partial charge in [-0.1, -0.05) is 20.8 Å². The van der Waals surface area contributed by atoms with E-state index in [4.69, 9.17) is 4.98 Å². The van der Waals surface area contributed by atoms with Crippen LogP contribution in [0.1, 0.15) is 62.5 Å². The van der Waals surface area contributed by atoms with Crippen LogP contribution in [0.15, 0.2) is 23.3 Å². The maximum Gasteiger partial charge on any atom is 0.253 e. The van der Waals surface area contributed by atoms with Crippen LogP contribution in [0.2, 0.25) is 0 Å². The van der Waals surface area contributed by atoms with Gasteiger partial charge in [0.15, 0.2) is 0 Å². The van der Waals surface area contributed by atoms with Gasteiger partial charge in [-0.3, -0.25) is 9.36 Å². The summed E-state index contributed by atoms with van der Waals surface area (Å²) in [6.45, 7) is 8.64. The number of piperidine rings is 1. The quantitative estimate of drug-likeness (QED) is 0.803. The Bertz CT molecular complexity index is 1000. The zero-order valence-electron chi connectivity index (χ0n) is 17.6. The molecule has 2 aromatic rings. The molecule has 152 valence electrons. The fraction of sp³-hybridized carbons (Fsp3) is 0.565. The first-order valence-electron chi connectivity index (χ1n) is 10.6. The number of nitrogens with zero attached hydrogens (tertiary/aromatic N) is 5. The van der Waals surface area contributed by atoms with E-state index in [1.165, 1.54) is 5.56 Å². The summed E-state index contributed by atoms with van der Waals surface area (Å²) in [5.74, 6) is 1.28. The van der Waals surface area contributed by atoms with E-state index in [0.29, 0.717) is 18.0 Å². The summed E-state index contributed by atoms with van der Waals surface area (Å²) in [5.41, 5.74) is 3.84. The average molecular weight is 392 g/mol. The first kappa shape index (κ1) is 19.6. The van der Waals surface area contributed by atoms with Crippen LogP contribution in [-0.2, 0) is 24.8 Å². The third-order valence-electron chi connectivity index (χ3n) is 6.17. The molecule has 0 N–H and O–H groups in total. The molecule has 29 heavy (non-hydrogen) atoms. The van der Waals surface area contributed by atoms with Crippen molar-refractivity contribution < 1.29 is 0 Å². The molecule has 2 aliphatic rings. The molecule has 0 saturated carbocycles. The predicted molar refractivity (Wildman–Crippen MR) is 113 cm³/mol. The third-order valence-corrected chi connectivity index (χ3v) is 6.17. The monoisotopic (exact) mass is 391 g/mol. The molecule has 1 saturated heterocycles. The van der Waals surface area contributed by atoms with Gasteiger partial charge in [0, 0.05) is 36.8 Å². The van der Waals surface area contributed by atoms with Gasteiger partial charge < -0.3 is 4.90 Å². The normalized spacial score (nSPS) is 17.2. The first-order chi connectivity index (χ1) is 13.8. The van der Waals surface area contributed by atoms with E-state index in [0.717, 1.165) is 62.4 Å². The Hall–Kier alpha value is -2.68. The summed E-state index contributed by atoms with van der Waals surface area (Å²) >= 11 is 0. The van der Waals surface area contributed by atoms with E-state index in [-0.39, 0.29) is 11.0 Å². The predicted octanol–water partition coefficient (Wildman–Crippen LogP) is 3.21. The molecule has 2 aromatic heterocycles. The van der Waals surface area contributed by atoms with Crippen LogP contribution in [-0.4, -0.2) is 27.6 Å². The second kappa shape index (κ2) is 7.62. The standard InChI is InChI=1S/C23H29N5O/c1-23(2,3)20-12-21(29)28(15-25-20)14-16-7-9-27(10-8-16)22-18(13-24)11-17-5-4-6-19(17)26-22/h11-12,15-16H,4-10,14H2,1-3H3. The Morgan fingerprint density at radius 2 is 1.97 bits per heavy atom. The van der Waals surface area contributed by atoms with Crippen molar-refractivity contribution in [1.29, 1.82) is 5.26 Å². The Morgan fingerprint density at radius 1 is 1.21 bits per heavy atom. The highest BCUT2D eigenvalue weighted by molar-refractivity contribution is 5.57. The van der Waals surface area contributed by atoms with Crippen LogP contribution in [0.5, 0.6) is 0 Å². The fourth-order valence-electron chi connectivity index (χ4n) is 4.36. The molecule has 0 radical (unpaired) electrons. The Morgan fingerprint density at radius 3 is 2.62 bits per heavy atom. The van der Waals surface area contributed by atoms with E-state index >= 15 is 0 Å². The molecule has 0 bridgehead atoms. The minimum atomic E-state index is -0.120. The zero-order valence-corrected chi connectivity index (χ0v) is 17.6. The van der Waals surface area contributed by atoms with Gasteiger partial charge in [0.25, 0.3) is 5.56 Å². The van der Waals surface area contributed by atoms with Crippen molar-refractivity contribution in [2.24, 2.45) is 5.92 Å². The molecule has 1 aliphatic carbocycles. The second-order valence-corrected chi connectivity index (χ2v) is 9.38. The molecule has 1 aliphatic heterocycles. The zero-order chi connectivity index (χ0) is 20.6. The van der Waals surface area contributed by atoms with E-state index < -0.39 is 0 Å². The molecule has 6 heteroatoms. The third kappa shape index (κ3) is 4.05. The molecule has 0 unspecified atom stereocenters. The lowest BCUT2D eigenvalue weighted by molar-refractivity contribution is 0.349. The van der Waals surface area contributed by atoms with Crippen LogP contribution in [0.25, 0.3) is 0 Å². The average Bonchev–Trinajstić information content (AvgIpc) is 3.15. The summed E-state index contributed by atoms with van der Waals surface area (Å²) < 4.78 is 1.74. The summed E-state index contributed by atoms with van der Waals surface area (Å²) in [4.78, 5) is 24.1. The van der Waals surface area contributed by atoms with Crippen LogP contribution in [0.4, 0.5) is 5.82 Å². The van der Waals surface area contributed by atoms with Gasteiger partial charge in [0.05, 0.1) is 17.6 Å². The van der Waals surface area contributed by atoms with Crippen molar-refractivity contribution >= 4 is 5.82 Å². The number of hydrogen-bond donors (Lipinski definition) is 0. The fourth-order valence-corrected chi connectivity index (χ4v) is 4.36. The molecule has 6 nitrogen and oxygen atoms in total. The molecule has 0 amide bonds. The lowest BCUT2D eigenvalue weighted by Crippen LogP contribution is -2.37. The second-order valence-electron chi connectivity index (χ2n) is 9.38. The van der Waals surface area contributed by atoms with Crippen molar-refractivity contribution in [2.45, 2.75) is 64.8 Å². The van der Waals surface area contributed by atoms with Crippen molar-refractivity contribution in [2.75, 3.05) is 18.0 Å². The van der Waals surface area contributed by atoms with Crippen molar-refractivity contribution in [3.8, 4) is 6.07 Å². The number of aromatic nitrogens is 3. The summed E-state index contributed by atoms with van der Waals surface area (Å²) in [5, 5.41) is 9.58. The number of nitriles is 1. The van der Waals surface area contributed by atoms with Gasteiger partial charge in [0.2, 0.25) is 0 Å². The molecule has 3 heterocycles. The van der Waals surface area contributed by atoms with E-state index in [9.17, 15) is 10.1 Å². The topological polar surface area (TPSA) is 74.8 Å². The summed E-state index contributed by atoms with van der Waals surface area (Å²) in [6, 6.07) is 6.05. The number of anilines is 1. The SMILES string of the molecule is CC(C)(C)c1cc(=O)n(CC2CCN(c3nc4c(cc3C#N)CCC4)CC2)cn1. The molecular formula is C23H29N5O. The number of hydrogen-bond acceptors (Lipinski definition) is 5. The number of pyridine rings is 1. The highest BCUT2D eigenvalue weighted by Gasteiger charge is 2.25. The number of fused-ring (bicyclic) bond motifs is 1. The molecule has 0 aromatic carbocycles. The van der Waals surface area contributed by atoms with Gasteiger partial charge in [-0.05, 0) is 49.7 Å². The molecule has 4 rings (SSSR count). The highest BCUT2D eigenvalue weighted by atomic mass is 16.1. The van der Waals surface area contributed by atoms with Gasteiger partial charge in [0.1, 0.15) is 11.9 Å². The molecule has 0 spiro atoms. The van der Waals surface area contributed by atoms with Crippen molar-refractivity contribution in [3.05, 3.63) is 51.3 Å². The van der Waals surface area contributed by atoms with Gasteiger partial charge in [-0.25, -0.2) is 9.97 Å². The number of rotatable bonds is 3. The summed E-state index contributed by atoms with van der Waals surface area (Å²) in [6.07, 6.45) is 6.86. The van der Waals surface area contributed by atoms with Gasteiger partial charge >= 0.3 is 0 Å². The molecule has 1 fully saturated rings. The molecule has 0 atom stereocenters. The van der Waals surface area contributed by atoms with Crippen LogP contribution < -0.4 is 10.5 Å². The Balaban J connectivity index is 1.43. The number of aryl methyl sites for hydroxylation is 2. The lowest BCUT2D eigenvalue weighted by atomic mass is 9.92. The van der Waals surface area contributed by atoms with E-state index in [2.05, 4.69) is 36.7 Å². The largest absolute Gasteiger partial charge is 0.355 e. The van der Waals surface area contributed by atoms with Gasteiger partial charge in [-0.15, -0.1) is 0 Å². The lowest BCUT2D eigenvalue weighted by Gasteiger charge is -2.33. The van der Waals surface area contributed by atoms with Gasteiger partial charge in [-0.2, -0.15) is 5.26 Å². The first-order valence-corrected chi connectivity index (χ1v) is 10.6. The Kier molecular flexibility index (Phi) is 5.16. The summed E-state index contributed by atoms with van der Waals surface area (Å²) in [7, 11) is 0. The smallest absolute Gasteiger partial charge is 0.253 e. The van der Waals surface area contributed by atoms with Crippen molar-refractivity contribution in [1.82, 2.24) is 14.5 Å². The maximum absolute atomic E-state index is 12.5. The van der Waals surface area contributed by atoms with E-state index in [1.807, 2.05) is 6.07 Å². The van der Waals surface area contributed by atoms with E-state index in [1.54, 1.807) is 17.0 Å².